The second-order valence-electron chi connectivity index (χ2n) is 3.54. The molecule has 2 rings (SSSR count). The van der Waals surface area contributed by atoms with Crippen LogP contribution in [0, 0.1) is 0 Å². The summed E-state index contributed by atoms with van der Waals surface area (Å²) in [6.07, 6.45) is 0.991. The molecule has 1 aliphatic heterocycles. The van der Waals surface area contributed by atoms with Crippen LogP contribution in [0.25, 0.3) is 0 Å². The molecule has 74 valence electrons. The van der Waals surface area contributed by atoms with Crippen molar-refractivity contribution in [3.8, 4) is 0 Å². The van der Waals surface area contributed by atoms with Crippen LogP contribution in [0.4, 0.5) is 0 Å². The van der Waals surface area contributed by atoms with Gasteiger partial charge in [0.15, 0.2) is 0 Å². The first-order chi connectivity index (χ1) is 6.72. The van der Waals surface area contributed by atoms with Gasteiger partial charge >= 0.3 is 5.97 Å². The molecule has 0 bridgehead atoms. The summed E-state index contributed by atoms with van der Waals surface area (Å²) in [7, 11) is 0. The minimum absolute atomic E-state index is 0.518. The van der Waals surface area contributed by atoms with Gasteiger partial charge < -0.3 is 5.11 Å². The van der Waals surface area contributed by atoms with Crippen molar-refractivity contribution in [2.45, 2.75) is 25.9 Å². The highest BCUT2D eigenvalue weighted by Gasteiger charge is 2.27. The zero-order valence-electron chi connectivity index (χ0n) is 8.08. The Hall–Kier alpha value is -1.35. The van der Waals surface area contributed by atoms with E-state index in [9.17, 15) is 4.79 Å². The third kappa shape index (κ3) is 1.40. The van der Waals surface area contributed by atoms with Gasteiger partial charge in [-0.15, -0.1) is 0 Å². The van der Waals surface area contributed by atoms with Gasteiger partial charge in [-0.3, -0.25) is 10.1 Å². The Morgan fingerprint density at radius 2 is 2.43 bits per heavy atom. The van der Waals surface area contributed by atoms with Crippen molar-refractivity contribution in [3.05, 3.63) is 34.9 Å². The minimum atomic E-state index is -0.798. The second-order valence-corrected chi connectivity index (χ2v) is 3.54. The van der Waals surface area contributed by atoms with Gasteiger partial charge in [-0.05, 0) is 23.1 Å². The second kappa shape index (κ2) is 3.42. The van der Waals surface area contributed by atoms with Crippen LogP contribution >= 0.6 is 0 Å². The molecule has 1 heterocycles. The molecule has 1 aromatic carbocycles. The molecule has 0 saturated carbocycles. The predicted octanol–water partition coefficient (Wildman–Crippen LogP) is 1.48. The maximum Gasteiger partial charge on any atom is 0.325 e. The van der Waals surface area contributed by atoms with Gasteiger partial charge in [0.2, 0.25) is 0 Å². The van der Waals surface area contributed by atoms with Gasteiger partial charge in [0, 0.05) is 6.54 Å². The van der Waals surface area contributed by atoms with Crippen molar-refractivity contribution in [1.82, 2.24) is 5.32 Å². The van der Waals surface area contributed by atoms with Gasteiger partial charge in [0.25, 0.3) is 0 Å². The summed E-state index contributed by atoms with van der Waals surface area (Å²) in [6, 6.07) is 5.50. The first-order valence-corrected chi connectivity index (χ1v) is 4.80. The Balaban J connectivity index is 2.38. The van der Waals surface area contributed by atoms with Crippen molar-refractivity contribution >= 4 is 5.97 Å². The molecule has 1 atom stereocenters. The number of benzene rings is 1. The van der Waals surface area contributed by atoms with Crippen LogP contribution < -0.4 is 5.32 Å². The highest BCUT2D eigenvalue weighted by atomic mass is 16.4. The predicted molar refractivity (Wildman–Crippen MR) is 53.0 cm³/mol. The maximum atomic E-state index is 10.9. The third-order valence-electron chi connectivity index (χ3n) is 2.67. The lowest BCUT2D eigenvalue weighted by atomic mass is 10.0. The Morgan fingerprint density at radius 1 is 1.64 bits per heavy atom. The molecule has 0 radical (unpaired) electrons. The van der Waals surface area contributed by atoms with Crippen LogP contribution in [0.5, 0.6) is 0 Å². The summed E-state index contributed by atoms with van der Waals surface area (Å²) in [5, 5.41) is 11.9. The number of aliphatic carboxylic acids is 1. The number of nitrogens with one attached hydrogen (secondary N) is 1. The number of hydrogen-bond acceptors (Lipinski definition) is 2. The highest BCUT2D eigenvalue weighted by Crippen LogP contribution is 2.26. The molecule has 0 fully saturated rings. The van der Waals surface area contributed by atoms with Gasteiger partial charge in [-0.25, -0.2) is 0 Å². The zero-order chi connectivity index (χ0) is 10.1. The van der Waals surface area contributed by atoms with Crippen LogP contribution in [-0.2, 0) is 17.8 Å². The highest BCUT2D eigenvalue weighted by molar-refractivity contribution is 5.77. The number of carbonyl (C=O) groups is 1. The molecule has 0 saturated heterocycles. The topological polar surface area (TPSA) is 49.3 Å². The lowest BCUT2D eigenvalue weighted by molar-refractivity contribution is -0.139. The molecular formula is C11H13NO2. The van der Waals surface area contributed by atoms with E-state index in [1.54, 1.807) is 0 Å². The molecule has 3 heteroatoms. The number of hydrogen-bond donors (Lipinski definition) is 2. The summed E-state index contributed by atoms with van der Waals surface area (Å²) in [5.41, 5.74) is 3.29. The van der Waals surface area contributed by atoms with Crippen molar-refractivity contribution < 1.29 is 9.90 Å². The van der Waals surface area contributed by atoms with Crippen molar-refractivity contribution in [2.24, 2.45) is 0 Å². The summed E-state index contributed by atoms with van der Waals surface area (Å²) >= 11 is 0. The summed E-state index contributed by atoms with van der Waals surface area (Å²) in [5.74, 6) is -0.798. The molecule has 0 aliphatic carbocycles. The van der Waals surface area contributed by atoms with E-state index in [0.29, 0.717) is 6.54 Å². The average molecular weight is 191 g/mol. The van der Waals surface area contributed by atoms with E-state index < -0.39 is 12.0 Å². The first-order valence-electron chi connectivity index (χ1n) is 4.80. The molecule has 1 aliphatic rings. The number of fused-ring (bicyclic) bond motifs is 1. The molecule has 0 unspecified atom stereocenters. The van der Waals surface area contributed by atoms with Gasteiger partial charge in [0.1, 0.15) is 6.04 Å². The van der Waals surface area contributed by atoms with E-state index in [4.69, 9.17) is 5.11 Å². The lowest BCUT2D eigenvalue weighted by Gasteiger charge is -2.06. The molecular weight excluding hydrogens is 178 g/mol. The molecule has 0 spiro atoms. The van der Waals surface area contributed by atoms with Gasteiger partial charge in [0.05, 0.1) is 0 Å². The van der Waals surface area contributed by atoms with Crippen LogP contribution in [0.2, 0.25) is 0 Å². The fraction of sp³-hybridized carbons (Fsp3) is 0.364. The number of aryl methyl sites for hydroxylation is 1. The van der Waals surface area contributed by atoms with E-state index in [1.807, 2.05) is 12.1 Å². The fourth-order valence-corrected chi connectivity index (χ4v) is 1.86. The number of rotatable bonds is 2. The average Bonchev–Trinajstić information content (AvgIpc) is 2.59. The monoisotopic (exact) mass is 191 g/mol. The molecule has 3 nitrogen and oxygen atoms in total. The van der Waals surface area contributed by atoms with Crippen LogP contribution in [0.3, 0.4) is 0 Å². The first kappa shape index (κ1) is 9.21. The Labute approximate surface area is 82.8 Å². The molecule has 0 aromatic heterocycles. The molecule has 1 aromatic rings. The maximum absolute atomic E-state index is 10.9. The number of carboxylic acid groups (broad SMARTS) is 1. The third-order valence-corrected chi connectivity index (χ3v) is 2.67. The lowest BCUT2D eigenvalue weighted by Crippen LogP contribution is -2.21. The Bertz CT molecular complexity index is 374. The van der Waals surface area contributed by atoms with E-state index in [2.05, 4.69) is 18.3 Å². The van der Waals surface area contributed by atoms with E-state index in [1.165, 1.54) is 5.56 Å². The largest absolute Gasteiger partial charge is 0.480 e. The molecule has 0 amide bonds. The normalized spacial score (nSPS) is 19.4. The van der Waals surface area contributed by atoms with Crippen LogP contribution in [0.1, 0.15) is 29.7 Å². The fourth-order valence-electron chi connectivity index (χ4n) is 1.86. The summed E-state index contributed by atoms with van der Waals surface area (Å²) < 4.78 is 0. The van der Waals surface area contributed by atoms with Gasteiger partial charge in [-0.2, -0.15) is 0 Å². The van der Waals surface area contributed by atoms with Crippen molar-refractivity contribution in [1.29, 1.82) is 0 Å². The van der Waals surface area contributed by atoms with E-state index >= 15 is 0 Å². The molecule has 2 N–H and O–H groups in total. The van der Waals surface area contributed by atoms with Crippen molar-refractivity contribution in [3.63, 3.8) is 0 Å². The number of carboxylic acids is 1. The minimum Gasteiger partial charge on any atom is -0.480 e. The van der Waals surface area contributed by atoms with E-state index in [-0.39, 0.29) is 0 Å². The van der Waals surface area contributed by atoms with Crippen LogP contribution in [-0.4, -0.2) is 11.1 Å². The Kier molecular flexibility index (Phi) is 2.25. The smallest absolute Gasteiger partial charge is 0.325 e. The summed E-state index contributed by atoms with van der Waals surface area (Å²) in [6.45, 7) is 2.76. The standard InChI is InChI=1S/C11H13NO2/c1-2-7-3-4-9-8(5-7)6-12-10(9)11(13)14/h3-5,10,12H,2,6H2,1H3,(H,13,14)/t10-/m0/s1. The Morgan fingerprint density at radius 3 is 3.07 bits per heavy atom. The zero-order valence-corrected chi connectivity index (χ0v) is 8.08. The van der Waals surface area contributed by atoms with E-state index in [0.717, 1.165) is 17.5 Å². The SMILES string of the molecule is CCc1ccc2c(c1)CN[C@@H]2C(=O)O. The quantitative estimate of drug-likeness (QED) is 0.744. The molecule has 14 heavy (non-hydrogen) atoms. The van der Waals surface area contributed by atoms with Crippen LogP contribution in [0.15, 0.2) is 18.2 Å². The van der Waals surface area contributed by atoms with Gasteiger partial charge in [-0.1, -0.05) is 25.1 Å². The summed E-state index contributed by atoms with van der Waals surface area (Å²) in [4.78, 5) is 10.9. The van der Waals surface area contributed by atoms with Crippen molar-refractivity contribution in [2.75, 3.05) is 0 Å².